The molecule has 0 spiro atoms. The fourth-order valence-corrected chi connectivity index (χ4v) is 5.71. The molecule has 2 unspecified atom stereocenters. The highest BCUT2D eigenvalue weighted by atomic mass is 16.5. The van der Waals surface area contributed by atoms with Crippen molar-refractivity contribution >= 4 is 5.97 Å². The SMILES string of the molecule is CCCCCCC(C)C(O)C1CCC(C(=O)OC2CCC(CCCCC)CC2)CC1.O.O. The minimum absolute atomic E-state index is 0. The van der Waals surface area contributed by atoms with Crippen LogP contribution in [0.2, 0.25) is 0 Å². The fraction of sp³-hybridized carbons (Fsp3) is 0.963. The fourth-order valence-electron chi connectivity index (χ4n) is 5.71. The number of esters is 1. The first-order valence-electron chi connectivity index (χ1n) is 13.4. The third kappa shape index (κ3) is 11.0. The highest BCUT2D eigenvalue weighted by molar-refractivity contribution is 5.72. The molecule has 5 N–H and O–H groups in total. The summed E-state index contributed by atoms with van der Waals surface area (Å²) in [4.78, 5) is 12.7. The molecule has 192 valence electrons. The predicted octanol–water partition coefficient (Wildman–Crippen LogP) is 5.79. The van der Waals surface area contributed by atoms with Crippen LogP contribution in [0.5, 0.6) is 0 Å². The molecule has 0 aromatic rings. The Bertz CT molecular complexity index is 453. The number of rotatable bonds is 13. The molecule has 2 aliphatic carbocycles. The van der Waals surface area contributed by atoms with E-state index in [0.717, 1.165) is 50.9 Å². The molecule has 2 fully saturated rings. The Morgan fingerprint density at radius 2 is 1.44 bits per heavy atom. The van der Waals surface area contributed by atoms with Gasteiger partial charge in [0.05, 0.1) is 12.0 Å². The quantitative estimate of drug-likeness (QED) is 0.278. The largest absolute Gasteiger partial charge is 0.462 e. The van der Waals surface area contributed by atoms with Crippen molar-refractivity contribution in [1.29, 1.82) is 0 Å². The summed E-state index contributed by atoms with van der Waals surface area (Å²) in [6, 6.07) is 0. The lowest BCUT2D eigenvalue weighted by molar-refractivity contribution is -0.158. The van der Waals surface area contributed by atoms with Crippen LogP contribution in [0.25, 0.3) is 0 Å². The molecule has 2 saturated carbocycles. The number of carbonyl (C=O) groups is 1. The van der Waals surface area contributed by atoms with Crippen LogP contribution < -0.4 is 0 Å². The predicted molar refractivity (Wildman–Crippen MR) is 133 cm³/mol. The van der Waals surface area contributed by atoms with Crippen molar-refractivity contribution in [3.63, 3.8) is 0 Å². The molecule has 0 heterocycles. The molecule has 2 atom stereocenters. The van der Waals surface area contributed by atoms with Crippen LogP contribution in [-0.2, 0) is 9.53 Å². The average molecular weight is 459 g/mol. The van der Waals surface area contributed by atoms with Gasteiger partial charge in [0.15, 0.2) is 0 Å². The Morgan fingerprint density at radius 3 is 2.03 bits per heavy atom. The second kappa shape index (κ2) is 17.8. The molecule has 0 aromatic carbocycles. The van der Waals surface area contributed by atoms with Crippen LogP contribution in [-0.4, -0.2) is 34.2 Å². The zero-order valence-electron chi connectivity index (χ0n) is 21.2. The number of hydrogen-bond acceptors (Lipinski definition) is 3. The zero-order valence-corrected chi connectivity index (χ0v) is 21.2. The van der Waals surface area contributed by atoms with Crippen molar-refractivity contribution in [3.05, 3.63) is 0 Å². The van der Waals surface area contributed by atoms with Gasteiger partial charge in [-0.25, -0.2) is 0 Å². The van der Waals surface area contributed by atoms with E-state index in [2.05, 4.69) is 20.8 Å². The molecular weight excluding hydrogens is 404 g/mol. The summed E-state index contributed by atoms with van der Waals surface area (Å²) in [6.07, 6.45) is 19.9. The summed E-state index contributed by atoms with van der Waals surface area (Å²) >= 11 is 0. The first kappa shape index (κ1) is 31.4. The number of aliphatic hydroxyl groups is 1. The van der Waals surface area contributed by atoms with E-state index in [0.29, 0.717) is 11.8 Å². The monoisotopic (exact) mass is 458 g/mol. The minimum atomic E-state index is -0.202. The third-order valence-electron chi connectivity index (χ3n) is 7.98. The van der Waals surface area contributed by atoms with Gasteiger partial charge in [0.25, 0.3) is 0 Å². The molecule has 2 rings (SSSR count). The summed E-state index contributed by atoms with van der Waals surface area (Å²) in [7, 11) is 0. The van der Waals surface area contributed by atoms with E-state index >= 15 is 0 Å². The van der Waals surface area contributed by atoms with E-state index in [1.54, 1.807) is 0 Å². The van der Waals surface area contributed by atoms with E-state index in [1.807, 2.05) is 0 Å². The van der Waals surface area contributed by atoms with E-state index in [9.17, 15) is 9.90 Å². The topological polar surface area (TPSA) is 110 Å². The molecule has 0 radical (unpaired) electrons. The second-order valence-corrected chi connectivity index (χ2v) is 10.5. The van der Waals surface area contributed by atoms with Crippen molar-refractivity contribution in [1.82, 2.24) is 0 Å². The highest BCUT2D eigenvalue weighted by Crippen LogP contribution is 2.36. The van der Waals surface area contributed by atoms with E-state index in [-0.39, 0.29) is 35.0 Å². The number of carbonyl (C=O) groups excluding carboxylic acids is 1. The Morgan fingerprint density at radius 1 is 0.844 bits per heavy atom. The van der Waals surface area contributed by atoms with Crippen LogP contribution >= 0.6 is 0 Å². The molecule has 5 nitrogen and oxygen atoms in total. The summed E-state index contributed by atoms with van der Waals surface area (Å²) in [5, 5.41) is 10.8. The van der Waals surface area contributed by atoms with Crippen molar-refractivity contribution in [2.24, 2.45) is 23.7 Å². The maximum atomic E-state index is 12.7. The van der Waals surface area contributed by atoms with E-state index in [4.69, 9.17) is 4.74 Å². The molecule has 2 aliphatic rings. The van der Waals surface area contributed by atoms with Gasteiger partial charge in [0, 0.05) is 0 Å². The maximum Gasteiger partial charge on any atom is 0.309 e. The number of unbranched alkanes of at least 4 members (excludes halogenated alkanes) is 5. The van der Waals surface area contributed by atoms with Gasteiger partial charge in [0.2, 0.25) is 0 Å². The zero-order chi connectivity index (χ0) is 21.8. The van der Waals surface area contributed by atoms with Crippen molar-refractivity contribution in [3.8, 4) is 0 Å². The first-order valence-corrected chi connectivity index (χ1v) is 13.4. The molecule has 0 aliphatic heterocycles. The molecular formula is C27H54O5. The van der Waals surface area contributed by atoms with Crippen molar-refractivity contribution < 1.29 is 25.6 Å². The van der Waals surface area contributed by atoms with Crippen LogP contribution in [0, 0.1) is 23.7 Å². The highest BCUT2D eigenvalue weighted by Gasteiger charge is 2.34. The van der Waals surface area contributed by atoms with E-state index in [1.165, 1.54) is 64.2 Å². The summed E-state index contributed by atoms with van der Waals surface area (Å²) in [6.45, 7) is 6.71. The van der Waals surface area contributed by atoms with Gasteiger partial charge in [-0.1, -0.05) is 72.1 Å². The average Bonchev–Trinajstić information content (AvgIpc) is 2.77. The lowest BCUT2D eigenvalue weighted by Crippen LogP contribution is -2.34. The van der Waals surface area contributed by atoms with E-state index < -0.39 is 0 Å². The van der Waals surface area contributed by atoms with Crippen molar-refractivity contribution in [2.75, 3.05) is 0 Å². The van der Waals surface area contributed by atoms with Gasteiger partial charge in [-0.3, -0.25) is 4.79 Å². The van der Waals surface area contributed by atoms with Crippen LogP contribution in [0.4, 0.5) is 0 Å². The number of hydrogen-bond donors (Lipinski definition) is 1. The van der Waals surface area contributed by atoms with Gasteiger partial charge in [-0.05, 0) is 75.5 Å². The summed E-state index contributed by atoms with van der Waals surface area (Å²) < 4.78 is 5.92. The molecule has 0 bridgehead atoms. The summed E-state index contributed by atoms with van der Waals surface area (Å²) in [5.74, 6) is 1.71. The lowest BCUT2D eigenvalue weighted by Gasteiger charge is -2.34. The molecule has 0 aromatic heterocycles. The van der Waals surface area contributed by atoms with Gasteiger partial charge >= 0.3 is 5.97 Å². The molecule has 5 heteroatoms. The van der Waals surface area contributed by atoms with Crippen molar-refractivity contribution in [2.45, 2.75) is 142 Å². The minimum Gasteiger partial charge on any atom is -0.462 e. The van der Waals surface area contributed by atoms with Gasteiger partial charge in [-0.15, -0.1) is 0 Å². The van der Waals surface area contributed by atoms with Gasteiger partial charge in [-0.2, -0.15) is 0 Å². The smallest absolute Gasteiger partial charge is 0.309 e. The number of aliphatic hydroxyl groups excluding tert-OH is 1. The van der Waals surface area contributed by atoms with Crippen LogP contribution in [0.3, 0.4) is 0 Å². The lowest BCUT2D eigenvalue weighted by atomic mass is 9.75. The van der Waals surface area contributed by atoms with Crippen LogP contribution in [0.15, 0.2) is 0 Å². The Balaban J connectivity index is 0.00000480. The maximum absolute atomic E-state index is 12.7. The van der Waals surface area contributed by atoms with Crippen LogP contribution in [0.1, 0.15) is 130 Å². The standard InChI is InChI=1S/C27H50O3.2H2O/c1-4-6-8-10-11-21(3)26(28)23-15-17-24(18-16-23)27(29)30-25-19-13-22(14-20-25)12-9-7-5-2;;/h21-26,28H,4-20H2,1-3H3;2*1H2. The Hall–Kier alpha value is -0.650. The first-order chi connectivity index (χ1) is 14.5. The summed E-state index contributed by atoms with van der Waals surface area (Å²) in [5.41, 5.74) is 0. The second-order valence-electron chi connectivity index (χ2n) is 10.5. The number of ether oxygens (including phenoxy) is 1. The molecule has 32 heavy (non-hydrogen) atoms. The molecule has 0 amide bonds. The van der Waals surface area contributed by atoms with Gasteiger partial charge in [0.1, 0.15) is 6.10 Å². The molecule has 0 saturated heterocycles. The normalized spacial score (nSPS) is 27.5. The van der Waals surface area contributed by atoms with Gasteiger partial charge < -0.3 is 20.8 Å². The Labute approximate surface area is 197 Å². The Kier molecular flexibility index (Phi) is 17.4. The third-order valence-corrected chi connectivity index (χ3v) is 7.98.